The minimum Gasteiger partial charge on any atom is -0.447 e. The summed E-state index contributed by atoms with van der Waals surface area (Å²) in [7, 11) is 0. The van der Waals surface area contributed by atoms with E-state index in [1.165, 1.54) is 4.90 Å². The quantitative estimate of drug-likeness (QED) is 0.692. The van der Waals surface area contributed by atoms with Crippen LogP contribution in [0.5, 0.6) is 0 Å². The molecule has 2 N–H and O–H groups in total. The van der Waals surface area contributed by atoms with E-state index in [-0.39, 0.29) is 25.9 Å². The minimum absolute atomic E-state index is 0.0135. The molecule has 1 aliphatic rings. The van der Waals surface area contributed by atoms with Crippen LogP contribution in [0.3, 0.4) is 0 Å². The lowest BCUT2D eigenvalue weighted by atomic mass is 10.1. The van der Waals surface area contributed by atoms with E-state index in [0.29, 0.717) is 13.1 Å². The zero-order valence-electron chi connectivity index (χ0n) is 9.68. The average Bonchev–Trinajstić information content (AvgIpc) is 2.23. The Morgan fingerprint density at radius 1 is 1.56 bits per heavy atom. The highest BCUT2D eigenvalue weighted by molar-refractivity contribution is 5.67. The molecule has 0 aromatic heterocycles. The zero-order valence-corrected chi connectivity index (χ0v) is 9.68. The molecule has 0 spiro atoms. The van der Waals surface area contributed by atoms with Crippen LogP contribution in [0.4, 0.5) is 4.79 Å². The summed E-state index contributed by atoms with van der Waals surface area (Å²) in [5.41, 5.74) is -0.496. The molecular formula is C10H19NO5. The largest absolute Gasteiger partial charge is 0.447 e. The lowest BCUT2D eigenvalue weighted by molar-refractivity contribution is -0.143. The summed E-state index contributed by atoms with van der Waals surface area (Å²) in [6, 6.07) is 0. The van der Waals surface area contributed by atoms with Crippen molar-refractivity contribution >= 4 is 6.09 Å². The first kappa shape index (κ1) is 13.2. The van der Waals surface area contributed by atoms with Gasteiger partial charge in [0.25, 0.3) is 0 Å². The third kappa shape index (κ3) is 3.62. The molecule has 1 aliphatic heterocycles. The maximum absolute atomic E-state index is 11.6. The van der Waals surface area contributed by atoms with E-state index in [0.717, 1.165) is 0 Å². The van der Waals surface area contributed by atoms with E-state index in [4.69, 9.17) is 19.7 Å². The highest BCUT2D eigenvalue weighted by atomic mass is 16.6. The Morgan fingerprint density at radius 2 is 2.25 bits per heavy atom. The smallest absolute Gasteiger partial charge is 0.410 e. The average molecular weight is 233 g/mol. The van der Waals surface area contributed by atoms with Crippen molar-refractivity contribution in [3.05, 3.63) is 0 Å². The molecule has 16 heavy (non-hydrogen) atoms. The normalized spacial score (nSPS) is 24.2. The van der Waals surface area contributed by atoms with Gasteiger partial charge in [-0.25, -0.2) is 4.79 Å². The number of morpholine rings is 1. The van der Waals surface area contributed by atoms with Crippen molar-refractivity contribution in [1.29, 1.82) is 0 Å². The molecule has 0 saturated carbocycles. The fraction of sp³-hybridized carbons (Fsp3) is 0.900. The van der Waals surface area contributed by atoms with Gasteiger partial charge in [0.2, 0.25) is 0 Å². The summed E-state index contributed by atoms with van der Waals surface area (Å²) in [6.07, 6.45) is -0.866. The molecule has 1 saturated heterocycles. The number of ether oxygens (including phenoxy) is 2. The van der Waals surface area contributed by atoms with Crippen molar-refractivity contribution < 1.29 is 24.5 Å². The highest BCUT2D eigenvalue weighted by Gasteiger charge is 2.35. The molecule has 94 valence electrons. The van der Waals surface area contributed by atoms with Gasteiger partial charge < -0.3 is 24.6 Å². The Bertz CT molecular complexity index is 243. The predicted molar refractivity (Wildman–Crippen MR) is 56.0 cm³/mol. The number of hydrogen-bond acceptors (Lipinski definition) is 5. The van der Waals surface area contributed by atoms with Crippen LogP contribution in [0.25, 0.3) is 0 Å². The van der Waals surface area contributed by atoms with E-state index in [2.05, 4.69) is 0 Å². The van der Waals surface area contributed by atoms with Crippen LogP contribution in [-0.4, -0.2) is 65.8 Å². The molecule has 6 heteroatoms. The van der Waals surface area contributed by atoms with Crippen LogP contribution >= 0.6 is 0 Å². The number of hydrogen-bond donors (Lipinski definition) is 2. The van der Waals surface area contributed by atoms with Gasteiger partial charge in [0.15, 0.2) is 0 Å². The first-order chi connectivity index (χ1) is 7.48. The van der Waals surface area contributed by atoms with Gasteiger partial charge in [-0.1, -0.05) is 0 Å². The van der Waals surface area contributed by atoms with Crippen LogP contribution in [0.2, 0.25) is 0 Å². The molecule has 6 nitrogen and oxygen atoms in total. The molecular weight excluding hydrogens is 214 g/mol. The van der Waals surface area contributed by atoms with Crippen molar-refractivity contribution in [3.8, 4) is 0 Å². The molecule has 0 bridgehead atoms. The number of amides is 1. The Hall–Kier alpha value is -0.850. The molecule has 1 amide bonds. The van der Waals surface area contributed by atoms with E-state index in [1.807, 2.05) is 13.8 Å². The second-order valence-corrected chi connectivity index (χ2v) is 4.40. The lowest BCUT2D eigenvalue weighted by Crippen LogP contribution is -2.55. The van der Waals surface area contributed by atoms with Crippen molar-refractivity contribution in [3.63, 3.8) is 0 Å². The molecule has 1 fully saturated rings. The zero-order chi connectivity index (χ0) is 12.2. The summed E-state index contributed by atoms with van der Waals surface area (Å²) in [6.45, 7) is 4.08. The fourth-order valence-electron chi connectivity index (χ4n) is 1.75. The molecule has 0 aromatic carbocycles. The Labute approximate surface area is 94.8 Å². The van der Waals surface area contributed by atoms with Crippen molar-refractivity contribution in [1.82, 2.24) is 4.90 Å². The maximum atomic E-state index is 11.6. The monoisotopic (exact) mass is 233 g/mol. The maximum Gasteiger partial charge on any atom is 0.410 e. The van der Waals surface area contributed by atoms with E-state index in [9.17, 15) is 4.79 Å². The summed E-state index contributed by atoms with van der Waals surface area (Å²) >= 11 is 0. The number of carbonyl (C=O) groups excluding carboxylic acids is 1. The lowest BCUT2D eigenvalue weighted by Gasteiger charge is -2.41. The van der Waals surface area contributed by atoms with Gasteiger partial charge in [-0.05, 0) is 13.8 Å². The topological polar surface area (TPSA) is 79.2 Å². The Balaban J connectivity index is 2.55. The van der Waals surface area contributed by atoms with Gasteiger partial charge in [0, 0.05) is 0 Å². The molecule has 1 heterocycles. The van der Waals surface area contributed by atoms with Crippen LogP contribution < -0.4 is 0 Å². The number of rotatable bonds is 3. The molecule has 1 rings (SSSR count). The highest BCUT2D eigenvalue weighted by Crippen LogP contribution is 2.21. The number of carbonyl (C=O) groups is 1. The summed E-state index contributed by atoms with van der Waals surface area (Å²) in [5.74, 6) is 0. The number of aliphatic hydroxyl groups is 2. The van der Waals surface area contributed by atoms with Crippen molar-refractivity contribution in [2.24, 2.45) is 0 Å². The second kappa shape index (κ2) is 5.47. The van der Waals surface area contributed by atoms with Gasteiger partial charge in [0.05, 0.1) is 38.0 Å². The predicted octanol–water partition coefficient (Wildman–Crippen LogP) is -0.413. The third-order valence-corrected chi connectivity index (χ3v) is 2.26. The van der Waals surface area contributed by atoms with Gasteiger partial charge >= 0.3 is 6.09 Å². The fourth-order valence-corrected chi connectivity index (χ4v) is 1.75. The van der Waals surface area contributed by atoms with Crippen molar-refractivity contribution in [2.75, 3.05) is 32.9 Å². The van der Waals surface area contributed by atoms with Crippen LogP contribution in [0.15, 0.2) is 0 Å². The van der Waals surface area contributed by atoms with E-state index >= 15 is 0 Å². The minimum atomic E-state index is -0.496. The van der Waals surface area contributed by atoms with Gasteiger partial charge in [0.1, 0.15) is 6.61 Å². The first-order valence-electron chi connectivity index (χ1n) is 5.30. The van der Waals surface area contributed by atoms with Gasteiger partial charge in [-0.3, -0.25) is 0 Å². The number of aliphatic hydroxyl groups excluding tert-OH is 2. The standard InChI is InChI=1S/C10H19NO5/c1-10(2)7-11(5-8(6-13)16-10)9(14)15-4-3-12/h8,12-13H,3-7H2,1-2H3. The van der Waals surface area contributed by atoms with Crippen molar-refractivity contribution in [2.45, 2.75) is 25.6 Å². The summed E-state index contributed by atoms with van der Waals surface area (Å²) in [5, 5.41) is 17.6. The Kier molecular flexibility index (Phi) is 4.52. The molecule has 0 aliphatic carbocycles. The van der Waals surface area contributed by atoms with Gasteiger partial charge in [-0.2, -0.15) is 0 Å². The third-order valence-electron chi connectivity index (χ3n) is 2.26. The molecule has 0 radical (unpaired) electrons. The summed E-state index contributed by atoms with van der Waals surface area (Å²) in [4.78, 5) is 13.0. The molecule has 0 aromatic rings. The molecule has 1 unspecified atom stereocenters. The van der Waals surface area contributed by atoms with Crippen LogP contribution in [-0.2, 0) is 9.47 Å². The second-order valence-electron chi connectivity index (χ2n) is 4.40. The van der Waals surface area contributed by atoms with E-state index in [1.54, 1.807) is 0 Å². The van der Waals surface area contributed by atoms with Crippen LogP contribution in [0.1, 0.15) is 13.8 Å². The molecule has 1 atom stereocenters. The van der Waals surface area contributed by atoms with Crippen LogP contribution in [0, 0.1) is 0 Å². The summed E-state index contributed by atoms with van der Waals surface area (Å²) < 4.78 is 10.4. The number of nitrogens with zero attached hydrogens (tertiary/aromatic N) is 1. The SMILES string of the molecule is CC1(C)CN(C(=O)OCCO)CC(CO)O1. The van der Waals surface area contributed by atoms with E-state index < -0.39 is 11.7 Å². The Morgan fingerprint density at radius 3 is 2.81 bits per heavy atom. The first-order valence-corrected chi connectivity index (χ1v) is 5.30. The van der Waals surface area contributed by atoms with Gasteiger partial charge in [-0.15, -0.1) is 0 Å².